The summed E-state index contributed by atoms with van der Waals surface area (Å²) in [5, 5.41) is 16.9. The van der Waals surface area contributed by atoms with Gasteiger partial charge >= 0.3 is 5.97 Å². The third-order valence-electron chi connectivity index (χ3n) is 5.24. The maximum Gasteiger partial charge on any atom is 0.326 e. The first kappa shape index (κ1) is 30.9. The molecule has 4 atom stereocenters. The standard InChI is InChI=1S/C24H37N5O6S/c1-14(2)11-16(25)21(31)28-19(13-20(26)30)23(33)29-18(12-15-7-5-4-6-8-15)22(32)27-17(24(34)35)9-10-36-3/h4-8,14,16-19H,9-13,25H2,1-3H3,(H2,26,30)(H,27,32)(H,28,31)(H,29,33)(H,34,35). The molecule has 0 radical (unpaired) electrons. The Balaban J connectivity index is 3.10. The third kappa shape index (κ3) is 11.5. The van der Waals surface area contributed by atoms with E-state index < -0.39 is 60.2 Å². The minimum absolute atomic E-state index is 0.0530. The lowest BCUT2D eigenvalue weighted by atomic mass is 10.0. The number of amides is 4. The number of rotatable bonds is 16. The molecule has 0 aromatic heterocycles. The van der Waals surface area contributed by atoms with Gasteiger partial charge in [-0.1, -0.05) is 44.2 Å². The number of hydrogen-bond donors (Lipinski definition) is 6. The quantitative estimate of drug-likeness (QED) is 0.171. The van der Waals surface area contributed by atoms with Gasteiger partial charge in [-0.2, -0.15) is 11.8 Å². The van der Waals surface area contributed by atoms with E-state index in [1.165, 1.54) is 11.8 Å². The fourth-order valence-corrected chi connectivity index (χ4v) is 3.87. The number of carboxylic acids is 1. The van der Waals surface area contributed by atoms with Crippen molar-refractivity contribution in [3.05, 3.63) is 35.9 Å². The van der Waals surface area contributed by atoms with Crippen LogP contribution in [0.3, 0.4) is 0 Å². The van der Waals surface area contributed by atoms with Gasteiger partial charge < -0.3 is 32.5 Å². The maximum atomic E-state index is 13.1. The van der Waals surface area contributed by atoms with Gasteiger partial charge in [0.2, 0.25) is 23.6 Å². The van der Waals surface area contributed by atoms with E-state index in [0.29, 0.717) is 17.7 Å². The highest BCUT2D eigenvalue weighted by molar-refractivity contribution is 7.98. The molecule has 1 aromatic rings. The van der Waals surface area contributed by atoms with Crippen molar-refractivity contribution in [2.24, 2.45) is 17.4 Å². The SMILES string of the molecule is CSCCC(NC(=O)C(Cc1ccccc1)NC(=O)C(CC(N)=O)NC(=O)C(N)CC(C)C)C(=O)O. The molecular weight excluding hydrogens is 486 g/mol. The Hall–Kier alpha value is -3.12. The van der Waals surface area contributed by atoms with Crippen LogP contribution in [0.2, 0.25) is 0 Å². The summed E-state index contributed by atoms with van der Waals surface area (Å²) in [6.45, 7) is 3.77. The summed E-state index contributed by atoms with van der Waals surface area (Å²) in [5.74, 6) is -3.54. The highest BCUT2D eigenvalue weighted by Gasteiger charge is 2.31. The number of carbonyl (C=O) groups excluding carboxylic acids is 4. The Bertz CT molecular complexity index is 898. The van der Waals surface area contributed by atoms with Gasteiger partial charge in [0.1, 0.15) is 18.1 Å². The summed E-state index contributed by atoms with van der Waals surface area (Å²) in [7, 11) is 0. The van der Waals surface area contributed by atoms with E-state index in [1.54, 1.807) is 30.3 Å². The van der Waals surface area contributed by atoms with Crippen LogP contribution < -0.4 is 27.4 Å². The third-order valence-corrected chi connectivity index (χ3v) is 5.89. The van der Waals surface area contributed by atoms with Crippen molar-refractivity contribution in [2.75, 3.05) is 12.0 Å². The summed E-state index contributed by atoms with van der Waals surface area (Å²) < 4.78 is 0. The van der Waals surface area contributed by atoms with Crippen molar-refractivity contribution in [1.29, 1.82) is 0 Å². The van der Waals surface area contributed by atoms with E-state index in [4.69, 9.17) is 11.5 Å². The molecule has 0 saturated heterocycles. The fraction of sp³-hybridized carbons (Fsp3) is 0.542. The Morgan fingerprint density at radius 3 is 2.00 bits per heavy atom. The molecule has 0 spiro atoms. The van der Waals surface area contributed by atoms with Gasteiger partial charge in [-0.3, -0.25) is 19.2 Å². The molecule has 0 saturated carbocycles. The Morgan fingerprint density at radius 2 is 1.47 bits per heavy atom. The van der Waals surface area contributed by atoms with Crippen LogP contribution in [0.5, 0.6) is 0 Å². The lowest BCUT2D eigenvalue weighted by molar-refractivity contribution is -0.142. The second kappa shape index (κ2) is 15.8. The van der Waals surface area contributed by atoms with E-state index in [-0.39, 0.29) is 18.8 Å². The normalized spacial score (nSPS) is 14.2. The number of nitrogens with two attached hydrogens (primary N) is 2. The zero-order valence-electron chi connectivity index (χ0n) is 20.9. The van der Waals surface area contributed by atoms with Gasteiger partial charge in [-0.15, -0.1) is 0 Å². The van der Waals surface area contributed by atoms with Crippen LogP contribution in [0.1, 0.15) is 38.7 Å². The van der Waals surface area contributed by atoms with Crippen molar-refractivity contribution < 1.29 is 29.1 Å². The molecule has 200 valence electrons. The van der Waals surface area contributed by atoms with Crippen molar-refractivity contribution in [3.8, 4) is 0 Å². The molecule has 0 fully saturated rings. The topological polar surface area (TPSA) is 194 Å². The molecule has 0 aliphatic heterocycles. The maximum absolute atomic E-state index is 13.1. The zero-order chi connectivity index (χ0) is 27.3. The number of carboxylic acid groups (broad SMARTS) is 1. The second-order valence-electron chi connectivity index (χ2n) is 8.90. The van der Waals surface area contributed by atoms with Crippen LogP contribution in [0.4, 0.5) is 0 Å². The molecule has 4 amide bonds. The highest BCUT2D eigenvalue weighted by atomic mass is 32.2. The van der Waals surface area contributed by atoms with Crippen molar-refractivity contribution >= 4 is 41.4 Å². The first-order valence-electron chi connectivity index (χ1n) is 11.6. The van der Waals surface area contributed by atoms with E-state index in [2.05, 4.69) is 16.0 Å². The van der Waals surface area contributed by atoms with E-state index in [1.807, 2.05) is 20.1 Å². The van der Waals surface area contributed by atoms with Crippen LogP contribution in [-0.4, -0.2) is 70.9 Å². The number of aliphatic carboxylic acids is 1. The predicted octanol–water partition coefficient (Wildman–Crippen LogP) is -0.230. The highest BCUT2D eigenvalue weighted by Crippen LogP contribution is 2.08. The molecule has 12 heteroatoms. The minimum Gasteiger partial charge on any atom is -0.480 e. The number of hydrogen-bond acceptors (Lipinski definition) is 7. The number of carbonyl (C=O) groups is 5. The number of thioether (sulfide) groups is 1. The van der Waals surface area contributed by atoms with Gasteiger partial charge in [0, 0.05) is 6.42 Å². The summed E-state index contributed by atoms with van der Waals surface area (Å²) >= 11 is 1.44. The van der Waals surface area contributed by atoms with E-state index in [9.17, 15) is 29.1 Å². The van der Waals surface area contributed by atoms with Crippen molar-refractivity contribution in [3.63, 3.8) is 0 Å². The van der Waals surface area contributed by atoms with Gasteiger partial charge in [0.15, 0.2) is 0 Å². The molecule has 1 aromatic carbocycles. The lowest BCUT2D eigenvalue weighted by Crippen LogP contribution is -2.58. The molecule has 0 heterocycles. The Morgan fingerprint density at radius 1 is 0.917 bits per heavy atom. The average molecular weight is 524 g/mol. The largest absolute Gasteiger partial charge is 0.480 e. The van der Waals surface area contributed by atoms with E-state index >= 15 is 0 Å². The molecule has 8 N–H and O–H groups in total. The fourth-order valence-electron chi connectivity index (χ4n) is 3.40. The molecule has 0 aliphatic carbocycles. The van der Waals surface area contributed by atoms with Crippen molar-refractivity contribution in [1.82, 2.24) is 16.0 Å². The minimum atomic E-state index is -1.36. The van der Waals surface area contributed by atoms with Crippen LogP contribution >= 0.6 is 11.8 Å². The van der Waals surface area contributed by atoms with Gasteiger partial charge in [0.05, 0.1) is 12.5 Å². The molecule has 36 heavy (non-hydrogen) atoms. The zero-order valence-corrected chi connectivity index (χ0v) is 21.7. The smallest absolute Gasteiger partial charge is 0.326 e. The van der Waals surface area contributed by atoms with Gasteiger partial charge in [-0.25, -0.2) is 4.79 Å². The number of nitrogens with one attached hydrogen (secondary N) is 3. The molecule has 0 bridgehead atoms. The monoisotopic (exact) mass is 523 g/mol. The van der Waals surface area contributed by atoms with Crippen LogP contribution in [0.15, 0.2) is 30.3 Å². The summed E-state index contributed by atoms with van der Waals surface area (Å²) in [4.78, 5) is 61.8. The number of benzene rings is 1. The summed E-state index contributed by atoms with van der Waals surface area (Å²) in [6.07, 6.45) is 1.93. The molecule has 0 aliphatic rings. The lowest BCUT2D eigenvalue weighted by Gasteiger charge is -2.25. The summed E-state index contributed by atoms with van der Waals surface area (Å²) in [6, 6.07) is 4.25. The molecule has 4 unspecified atom stereocenters. The number of primary amides is 1. The second-order valence-corrected chi connectivity index (χ2v) is 9.89. The van der Waals surface area contributed by atoms with Gasteiger partial charge in [0.25, 0.3) is 0 Å². The van der Waals surface area contributed by atoms with Crippen LogP contribution in [-0.2, 0) is 30.4 Å². The summed E-state index contributed by atoms with van der Waals surface area (Å²) in [5.41, 5.74) is 11.9. The van der Waals surface area contributed by atoms with Gasteiger partial charge in [-0.05, 0) is 36.3 Å². The first-order chi connectivity index (χ1) is 16.9. The molecular formula is C24H37N5O6S. The molecule has 1 rings (SSSR count). The Kier molecular flexibility index (Phi) is 13.6. The van der Waals surface area contributed by atoms with Crippen molar-refractivity contribution in [2.45, 2.75) is 63.7 Å². The predicted molar refractivity (Wildman–Crippen MR) is 138 cm³/mol. The first-order valence-corrected chi connectivity index (χ1v) is 13.0. The van der Waals surface area contributed by atoms with Crippen LogP contribution in [0, 0.1) is 5.92 Å². The van der Waals surface area contributed by atoms with Crippen LogP contribution in [0.25, 0.3) is 0 Å². The Labute approximate surface area is 215 Å². The molecule has 11 nitrogen and oxygen atoms in total. The van der Waals surface area contributed by atoms with E-state index in [0.717, 1.165) is 0 Å². The average Bonchev–Trinajstić information content (AvgIpc) is 2.80.